The molecule has 1 aliphatic rings. The summed E-state index contributed by atoms with van der Waals surface area (Å²) in [5, 5.41) is 5.73. The lowest BCUT2D eigenvalue weighted by Gasteiger charge is -2.31. The molecule has 0 saturated carbocycles. The molecule has 2 aromatic rings. The number of carbonyl (C=O) groups excluding carboxylic acids is 2. The fourth-order valence-electron chi connectivity index (χ4n) is 3.86. The van der Waals surface area contributed by atoms with Gasteiger partial charge in [0.25, 0.3) is 0 Å². The normalized spacial score (nSPS) is 13.3. The largest absolute Gasteiger partial charge is 0.497 e. The molecule has 10 heteroatoms. The van der Waals surface area contributed by atoms with Gasteiger partial charge in [0.05, 0.1) is 58.0 Å². The van der Waals surface area contributed by atoms with E-state index in [9.17, 15) is 9.59 Å². The van der Waals surface area contributed by atoms with Gasteiger partial charge in [0, 0.05) is 30.9 Å². The van der Waals surface area contributed by atoms with Crippen molar-refractivity contribution in [2.45, 2.75) is 13.8 Å². The zero-order valence-corrected chi connectivity index (χ0v) is 21.5. The third kappa shape index (κ3) is 7.76. The van der Waals surface area contributed by atoms with Crippen molar-refractivity contribution in [2.24, 2.45) is 0 Å². The Balaban J connectivity index is 1.64. The third-order valence-electron chi connectivity index (χ3n) is 5.49. The molecule has 0 aliphatic carbocycles. The zero-order chi connectivity index (χ0) is 25.9. The van der Waals surface area contributed by atoms with Gasteiger partial charge in [0.2, 0.25) is 11.8 Å². The summed E-state index contributed by atoms with van der Waals surface area (Å²) in [6.07, 6.45) is 0. The minimum absolute atomic E-state index is 0.0246. The molecule has 1 saturated heterocycles. The zero-order valence-electron chi connectivity index (χ0n) is 21.5. The maximum Gasteiger partial charge on any atom is 0.238 e. The first-order valence-corrected chi connectivity index (χ1v) is 12.1. The molecule has 10 nitrogen and oxygen atoms in total. The number of amides is 2. The number of nitrogens with zero attached hydrogens (tertiary/aromatic N) is 2. The molecule has 2 aromatic carbocycles. The Hall–Kier alpha value is -3.50. The molecule has 0 atom stereocenters. The average Bonchev–Trinajstić information content (AvgIpc) is 2.86. The first-order chi connectivity index (χ1) is 17.4. The van der Waals surface area contributed by atoms with Crippen LogP contribution in [0, 0.1) is 0 Å². The lowest BCUT2D eigenvalue weighted by atomic mass is 10.2. The summed E-state index contributed by atoms with van der Waals surface area (Å²) in [5.74, 6) is 1.45. The second-order valence-electron chi connectivity index (χ2n) is 8.28. The van der Waals surface area contributed by atoms with Crippen LogP contribution in [0.2, 0.25) is 0 Å². The van der Waals surface area contributed by atoms with Gasteiger partial charge in [-0.15, -0.1) is 0 Å². The van der Waals surface area contributed by atoms with Crippen LogP contribution in [0.1, 0.15) is 13.8 Å². The number of hydrogen-bond donors (Lipinski definition) is 2. The molecule has 0 spiro atoms. The SMILES string of the molecule is CCOc1cc(N2CCOCC2)c(OCC)cc1NC(=O)CN(C)CC(=O)Nc1ccc(OC)cc1. The number of hydrogen-bond acceptors (Lipinski definition) is 8. The molecular formula is C26H36N4O6. The molecule has 0 unspecified atom stereocenters. The Morgan fingerprint density at radius 3 is 2.17 bits per heavy atom. The number of methoxy groups -OCH3 is 1. The fraction of sp³-hybridized carbons (Fsp3) is 0.462. The van der Waals surface area contributed by atoms with E-state index in [0.29, 0.717) is 55.1 Å². The van der Waals surface area contributed by atoms with Gasteiger partial charge < -0.3 is 34.5 Å². The van der Waals surface area contributed by atoms with Crippen LogP contribution in [0.5, 0.6) is 17.2 Å². The Bertz CT molecular complexity index is 1010. The van der Waals surface area contributed by atoms with Gasteiger partial charge in [-0.25, -0.2) is 0 Å². The first kappa shape index (κ1) is 27.1. The Morgan fingerprint density at radius 2 is 1.56 bits per heavy atom. The first-order valence-electron chi connectivity index (χ1n) is 12.1. The summed E-state index contributed by atoms with van der Waals surface area (Å²) >= 11 is 0. The maximum absolute atomic E-state index is 12.8. The molecule has 196 valence electrons. The summed E-state index contributed by atoms with van der Waals surface area (Å²) in [4.78, 5) is 29.1. The highest BCUT2D eigenvalue weighted by atomic mass is 16.5. The lowest BCUT2D eigenvalue weighted by molar-refractivity contribution is -0.119. The predicted molar refractivity (Wildman–Crippen MR) is 140 cm³/mol. The van der Waals surface area contributed by atoms with E-state index in [1.807, 2.05) is 19.9 Å². The monoisotopic (exact) mass is 500 g/mol. The number of ether oxygens (including phenoxy) is 4. The average molecular weight is 501 g/mol. The van der Waals surface area contributed by atoms with Crippen molar-refractivity contribution in [3.8, 4) is 17.2 Å². The van der Waals surface area contributed by atoms with E-state index >= 15 is 0 Å². The lowest BCUT2D eigenvalue weighted by Crippen LogP contribution is -2.37. The molecular weight excluding hydrogens is 464 g/mol. The molecule has 0 aromatic heterocycles. The number of likely N-dealkylation sites (N-methyl/N-ethyl adjacent to an activating group) is 1. The van der Waals surface area contributed by atoms with E-state index in [1.165, 1.54) is 0 Å². The number of rotatable bonds is 12. The molecule has 1 aliphatic heterocycles. The van der Waals surface area contributed by atoms with Crippen molar-refractivity contribution in [3.05, 3.63) is 36.4 Å². The van der Waals surface area contributed by atoms with Crippen LogP contribution >= 0.6 is 0 Å². The quantitative estimate of drug-likeness (QED) is 0.459. The van der Waals surface area contributed by atoms with Crippen LogP contribution in [-0.2, 0) is 14.3 Å². The van der Waals surface area contributed by atoms with E-state index in [-0.39, 0.29) is 24.9 Å². The summed E-state index contributed by atoms with van der Waals surface area (Å²) in [5.41, 5.74) is 2.09. The van der Waals surface area contributed by atoms with Crippen LogP contribution in [0.25, 0.3) is 0 Å². The molecule has 0 radical (unpaired) electrons. The van der Waals surface area contributed by atoms with Gasteiger partial charge in [-0.1, -0.05) is 0 Å². The second-order valence-corrected chi connectivity index (χ2v) is 8.28. The Kier molecular flexibility index (Phi) is 10.2. The van der Waals surface area contributed by atoms with Crippen molar-refractivity contribution < 1.29 is 28.5 Å². The number of carbonyl (C=O) groups is 2. The van der Waals surface area contributed by atoms with E-state index in [2.05, 4.69) is 15.5 Å². The number of morpholine rings is 1. The van der Waals surface area contributed by atoms with Crippen molar-refractivity contribution in [3.63, 3.8) is 0 Å². The fourth-order valence-corrected chi connectivity index (χ4v) is 3.86. The van der Waals surface area contributed by atoms with Gasteiger partial charge in [-0.2, -0.15) is 0 Å². The van der Waals surface area contributed by atoms with Gasteiger partial charge in [-0.05, 0) is 45.2 Å². The Morgan fingerprint density at radius 1 is 0.944 bits per heavy atom. The molecule has 1 heterocycles. The molecule has 1 fully saturated rings. The summed E-state index contributed by atoms with van der Waals surface area (Å²) in [7, 11) is 3.30. The van der Waals surface area contributed by atoms with Crippen LogP contribution in [0.3, 0.4) is 0 Å². The number of anilines is 3. The Labute approximate surface area is 212 Å². The standard InChI is InChI=1S/C26H36N4O6/c1-5-35-23-16-22(30-11-13-34-14-12-30)24(36-6-2)15-21(23)28-26(32)18-29(3)17-25(31)27-19-7-9-20(33-4)10-8-19/h7-10,15-16H,5-6,11-14,17-18H2,1-4H3,(H,27,31)(H,28,32). The van der Waals surface area contributed by atoms with Crippen LogP contribution in [0.15, 0.2) is 36.4 Å². The molecule has 36 heavy (non-hydrogen) atoms. The van der Waals surface area contributed by atoms with Gasteiger partial charge in [-0.3, -0.25) is 14.5 Å². The smallest absolute Gasteiger partial charge is 0.238 e. The van der Waals surface area contributed by atoms with Crippen LogP contribution in [-0.4, -0.2) is 83.5 Å². The van der Waals surface area contributed by atoms with Crippen molar-refractivity contribution >= 4 is 28.9 Å². The minimum Gasteiger partial charge on any atom is -0.497 e. The molecule has 0 bridgehead atoms. The summed E-state index contributed by atoms with van der Waals surface area (Å²) < 4.78 is 22.3. The van der Waals surface area contributed by atoms with E-state index in [1.54, 1.807) is 49.4 Å². The second kappa shape index (κ2) is 13.6. The van der Waals surface area contributed by atoms with Gasteiger partial charge in [0.1, 0.15) is 17.2 Å². The molecule has 2 N–H and O–H groups in total. The van der Waals surface area contributed by atoms with E-state index < -0.39 is 0 Å². The summed E-state index contributed by atoms with van der Waals surface area (Å²) in [6.45, 7) is 7.62. The highest BCUT2D eigenvalue weighted by Gasteiger charge is 2.21. The topological polar surface area (TPSA) is 102 Å². The molecule has 3 rings (SSSR count). The van der Waals surface area contributed by atoms with Crippen LogP contribution < -0.4 is 29.7 Å². The maximum atomic E-state index is 12.8. The van der Waals surface area contributed by atoms with Crippen molar-refractivity contribution in [2.75, 3.05) is 82.3 Å². The highest BCUT2D eigenvalue weighted by molar-refractivity contribution is 5.96. The summed E-state index contributed by atoms with van der Waals surface area (Å²) in [6, 6.07) is 10.8. The third-order valence-corrected chi connectivity index (χ3v) is 5.49. The van der Waals surface area contributed by atoms with Crippen LogP contribution in [0.4, 0.5) is 17.1 Å². The van der Waals surface area contributed by atoms with E-state index in [4.69, 9.17) is 18.9 Å². The van der Waals surface area contributed by atoms with Crippen molar-refractivity contribution in [1.82, 2.24) is 4.90 Å². The van der Waals surface area contributed by atoms with Crippen molar-refractivity contribution in [1.29, 1.82) is 0 Å². The van der Waals surface area contributed by atoms with E-state index in [0.717, 1.165) is 18.8 Å². The van der Waals surface area contributed by atoms with Gasteiger partial charge >= 0.3 is 0 Å². The predicted octanol–water partition coefficient (Wildman–Crippen LogP) is 2.84. The molecule has 2 amide bonds. The minimum atomic E-state index is -0.266. The van der Waals surface area contributed by atoms with Gasteiger partial charge in [0.15, 0.2) is 0 Å². The number of benzene rings is 2. The number of nitrogens with one attached hydrogen (secondary N) is 2. The highest BCUT2D eigenvalue weighted by Crippen LogP contribution is 2.39.